The highest BCUT2D eigenvalue weighted by atomic mass is 16.5. The summed E-state index contributed by atoms with van der Waals surface area (Å²) in [6.07, 6.45) is 2.28. The first kappa shape index (κ1) is 8.97. The number of fused-ring (bicyclic) bond motifs is 1. The molecule has 0 aromatic heterocycles. The van der Waals surface area contributed by atoms with E-state index >= 15 is 0 Å². The summed E-state index contributed by atoms with van der Waals surface area (Å²) in [6.45, 7) is 2.06. The van der Waals surface area contributed by atoms with Crippen molar-refractivity contribution in [2.75, 3.05) is 7.11 Å². The predicted molar refractivity (Wildman–Crippen MR) is 46.3 cm³/mol. The van der Waals surface area contributed by atoms with Gasteiger partial charge in [0.1, 0.15) is 6.04 Å². The molecular weight excluding hydrogens is 170 g/mol. The number of methoxy groups -OCH3 is 1. The maximum atomic E-state index is 11.2. The van der Waals surface area contributed by atoms with Gasteiger partial charge in [-0.3, -0.25) is 10.1 Å². The molecule has 0 radical (unpaired) electrons. The lowest BCUT2D eigenvalue weighted by molar-refractivity contribution is -0.143. The lowest BCUT2D eigenvalue weighted by Crippen LogP contribution is -2.36. The molecule has 0 aliphatic carbocycles. The molecule has 0 saturated carbocycles. The summed E-state index contributed by atoms with van der Waals surface area (Å²) >= 11 is 0. The van der Waals surface area contributed by atoms with Gasteiger partial charge in [-0.1, -0.05) is 0 Å². The van der Waals surface area contributed by atoms with E-state index in [0.717, 1.165) is 12.8 Å². The van der Waals surface area contributed by atoms with Crippen molar-refractivity contribution in [1.29, 1.82) is 0 Å². The topological polar surface area (TPSA) is 47.6 Å². The maximum absolute atomic E-state index is 11.2. The van der Waals surface area contributed by atoms with Crippen LogP contribution in [0.5, 0.6) is 0 Å². The molecule has 1 N–H and O–H groups in total. The monoisotopic (exact) mass is 185 g/mol. The number of esters is 1. The third-order valence-corrected chi connectivity index (χ3v) is 2.81. The van der Waals surface area contributed by atoms with E-state index in [-0.39, 0.29) is 18.1 Å². The molecule has 4 atom stereocenters. The fraction of sp³-hybridized carbons (Fsp3) is 0.889. The second-order valence-electron chi connectivity index (χ2n) is 3.81. The van der Waals surface area contributed by atoms with Crippen LogP contribution in [0.15, 0.2) is 0 Å². The summed E-state index contributed by atoms with van der Waals surface area (Å²) in [6, 6.07) is 0.187. The molecule has 0 unspecified atom stereocenters. The molecule has 4 heteroatoms. The molecule has 13 heavy (non-hydrogen) atoms. The third-order valence-electron chi connectivity index (χ3n) is 2.81. The lowest BCUT2D eigenvalue weighted by Gasteiger charge is -2.11. The second-order valence-corrected chi connectivity index (χ2v) is 3.81. The van der Waals surface area contributed by atoms with Crippen molar-refractivity contribution in [2.45, 2.75) is 44.1 Å². The van der Waals surface area contributed by atoms with E-state index < -0.39 is 0 Å². The van der Waals surface area contributed by atoms with Crippen LogP contribution in [0, 0.1) is 0 Å². The zero-order valence-electron chi connectivity index (χ0n) is 7.95. The van der Waals surface area contributed by atoms with Gasteiger partial charge in [0.15, 0.2) is 0 Å². The Morgan fingerprint density at radius 2 is 2.31 bits per heavy atom. The van der Waals surface area contributed by atoms with Crippen LogP contribution >= 0.6 is 0 Å². The maximum Gasteiger partial charge on any atom is 0.322 e. The second kappa shape index (κ2) is 3.27. The highest BCUT2D eigenvalue weighted by molar-refractivity contribution is 5.76. The Balaban J connectivity index is 1.93. The molecule has 2 heterocycles. The molecule has 2 aliphatic rings. The van der Waals surface area contributed by atoms with Gasteiger partial charge < -0.3 is 9.47 Å². The van der Waals surface area contributed by atoms with Crippen molar-refractivity contribution in [3.05, 3.63) is 0 Å². The molecule has 0 amide bonds. The van der Waals surface area contributed by atoms with E-state index in [0.29, 0.717) is 12.1 Å². The van der Waals surface area contributed by atoms with E-state index in [1.54, 1.807) is 0 Å². The van der Waals surface area contributed by atoms with E-state index in [1.807, 2.05) is 0 Å². The fourth-order valence-corrected chi connectivity index (χ4v) is 2.22. The Morgan fingerprint density at radius 3 is 2.92 bits per heavy atom. The molecule has 0 spiro atoms. The highest BCUT2D eigenvalue weighted by Gasteiger charge is 2.43. The van der Waals surface area contributed by atoms with Gasteiger partial charge in [-0.05, 0) is 13.3 Å². The lowest BCUT2D eigenvalue weighted by atomic mass is 10.1. The quantitative estimate of drug-likeness (QED) is 0.587. The average Bonchev–Trinajstić information content (AvgIpc) is 2.59. The number of carbonyl (C=O) groups is 1. The van der Waals surface area contributed by atoms with Crippen LogP contribution in [0.2, 0.25) is 0 Å². The average molecular weight is 185 g/mol. The van der Waals surface area contributed by atoms with E-state index in [2.05, 4.69) is 17.0 Å². The zero-order chi connectivity index (χ0) is 9.42. The van der Waals surface area contributed by atoms with Crippen LogP contribution in [0.4, 0.5) is 0 Å². The molecule has 0 aromatic carbocycles. The molecular formula is C9H15NO3. The molecule has 2 aliphatic heterocycles. The van der Waals surface area contributed by atoms with Crippen molar-refractivity contribution in [2.24, 2.45) is 0 Å². The molecule has 2 fully saturated rings. The smallest absolute Gasteiger partial charge is 0.322 e. The van der Waals surface area contributed by atoms with Gasteiger partial charge in [-0.15, -0.1) is 0 Å². The van der Waals surface area contributed by atoms with E-state index in [9.17, 15) is 4.79 Å². The summed E-state index contributed by atoms with van der Waals surface area (Å²) in [7, 11) is 1.42. The largest absolute Gasteiger partial charge is 0.468 e. The van der Waals surface area contributed by atoms with Crippen LogP contribution in [0.25, 0.3) is 0 Å². The summed E-state index contributed by atoms with van der Waals surface area (Å²) in [5.41, 5.74) is 0. The van der Waals surface area contributed by atoms with Crippen LogP contribution in [-0.2, 0) is 14.3 Å². The van der Waals surface area contributed by atoms with Crippen molar-refractivity contribution >= 4 is 5.97 Å². The van der Waals surface area contributed by atoms with Gasteiger partial charge in [-0.2, -0.15) is 0 Å². The van der Waals surface area contributed by atoms with Crippen LogP contribution < -0.4 is 5.32 Å². The van der Waals surface area contributed by atoms with Crippen LogP contribution in [-0.4, -0.2) is 37.4 Å². The highest BCUT2D eigenvalue weighted by Crippen LogP contribution is 2.29. The van der Waals surface area contributed by atoms with Crippen molar-refractivity contribution < 1.29 is 14.3 Å². The Labute approximate surface area is 77.6 Å². The number of hydrogen-bond donors (Lipinski definition) is 1. The van der Waals surface area contributed by atoms with Crippen LogP contribution in [0.3, 0.4) is 0 Å². The molecule has 2 rings (SSSR count). The molecule has 74 valence electrons. The van der Waals surface area contributed by atoms with Gasteiger partial charge in [0.05, 0.1) is 19.3 Å². The minimum absolute atomic E-state index is 0.160. The Bertz CT molecular complexity index is 205. The summed E-state index contributed by atoms with van der Waals surface area (Å²) in [4.78, 5) is 11.2. The number of hydrogen-bond acceptors (Lipinski definition) is 4. The standard InChI is InChI=1S/C9H15NO3/c1-5-3-6-8(13-5)4-7(10-6)9(11)12-2/h5-8,10H,3-4H2,1-2H3/t5-,6+,7+,8+/m0/s1. The van der Waals surface area contributed by atoms with Gasteiger partial charge in [-0.25, -0.2) is 0 Å². The summed E-state index contributed by atoms with van der Waals surface area (Å²) in [5, 5.41) is 3.23. The number of ether oxygens (including phenoxy) is 2. The fourth-order valence-electron chi connectivity index (χ4n) is 2.22. The Morgan fingerprint density at radius 1 is 1.54 bits per heavy atom. The summed E-state index contributed by atoms with van der Waals surface area (Å²) < 4.78 is 10.3. The molecule has 0 bridgehead atoms. The Kier molecular flexibility index (Phi) is 2.26. The summed E-state index contributed by atoms with van der Waals surface area (Å²) in [5.74, 6) is -0.175. The molecule has 2 saturated heterocycles. The van der Waals surface area contributed by atoms with Gasteiger partial charge in [0.25, 0.3) is 0 Å². The zero-order valence-corrected chi connectivity index (χ0v) is 7.95. The number of nitrogens with one attached hydrogen (secondary N) is 1. The third kappa shape index (κ3) is 1.56. The van der Waals surface area contributed by atoms with Gasteiger partial charge >= 0.3 is 5.97 Å². The first-order valence-corrected chi connectivity index (χ1v) is 4.70. The minimum Gasteiger partial charge on any atom is -0.468 e. The van der Waals surface area contributed by atoms with Crippen LogP contribution in [0.1, 0.15) is 19.8 Å². The minimum atomic E-state index is -0.175. The first-order valence-electron chi connectivity index (χ1n) is 4.70. The van der Waals surface area contributed by atoms with E-state index in [4.69, 9.17) is 4.74 Å². The van der Waals surface area contributed by atoms with Gasteiger partial charge in [0.2, 0.25) is 0 Å². The van der Waals surface area contributed by atoms with Crippen molar-refractivity contribution in [3.8, 4) is 0 Å². The van der Waals surface area contributed by atoms with Crippen molar-refractivity contribution in [3.63, 3.8) is 0 Å². The normalized spacial score (nSPS) is 43.2. The van der Waals surface area contributed by atoms with Gasteiger partial charge in [0, 0.05) is 12.5 Å². The predicted octanol–water partition coefficient (Wildman–Crippen LogP) is 0.0673. The molecule has 0 aromatic rings. The SMILES string of the molecule is COC(=O)[C@H]1C[C@H]2O[C@@H](C)C[C@H]2N1. The Hall–Kier alpha value is -0.610. The van der Waals surface area contributed by atoms with E-state index in [1.165, 1.54) is 7.11 Å². The number of carbonyl (C=O) groups excluding carboxylic acids is 1. The first-order chi connectivity index (χ1) is 6.20. The van der Waals surface area contributed by atoms with Crippen molar-refractivity contribution in [1.82, 2.24) is 5.32 Å². The number of rotatable bonds is 1. The molecule has 4 nitrogen and oxygen atoms in total.